The minimum absolute atomic E-state index is 0.0893. The highest BCUT2D eigenvalue weighted by atomic mass is 35.5. The standard InChI is InChI=1S/C16H16ClNO2S/c1-12-2-8-15(9-3-12)21(19,20)18-11-10-16(18)13-4-6-14(17)7-5-13/h2-9,16H,10-11H2,1H3. The lowest BCUT2D eigenvalue weighted by molar-refractivity contribution is 0.202. The minimum atomic E-state index is -3.43. The highest BCUT2D eigenvalue weighted by Crippen LogP contribution is 2.38. The van der Waals surface area contributed by atoms with E-state index in [4.69, 9.17) is 11.6 Å². The molecule has 0 aliphatic carbocycles. The van der Waals surface area contributed by atoms with Crippen LogP contribution in [0, 0.1) is 6.92 Å². The molecule has 1 heterocycles. The Kier molecular flexibility index (Phi) is 3.78. The summed E-state index contributed by atoms with van der Waals surface area (Å²) in [6, 6.07) is 14.3. The third kappa shape index (κ3) is 2.71. The van der Waals surface area contributed by atoms with Gasteiger partial charge in [-0.05, 0) is 43.2 Å². The Bertz CT molecular complexity index is 739. The molecule has 0 saturated carbocycles. The number of rotatable bonds is 3. The maximum atomic E-state index is 12.7. The van der Waals surface area contributed by atoms with E-state index in [0.717, 1.165) is 17.5 Å². The second-order valence-electron chi connectivity index (χ2n) is 5.28. The number of aryl methyl sites for hydroxylation is 1. The summed E-state index contributed by atoms with van der Waals surface area (Å²) in [4.78, 5) is 0.353. The molecule has 0 bridgehead atoms. The second kappa shape index (κ2) is 5.44. The third-order valence-corrected chi connectivity index (χ3v) is 6.03. The molecule has 0 radical (unpaired) electrons. The summed E-state index contributed by atoms with van der Waals surface area (Å²) in [5.41, 5.74) is 2.04. The predicted octanol–water partition coefficient (Wildman–Crippen LogP) is 3.78. The Morgan fingerprint density at radius 3 is 2.19 bits per heavy atom. The Balaban J connectivity index is 1.89. The fourth-order valence-electron chi connectivity index (χ4n) is 2.51. The largest absolute Gasteiger partial charge is 0.243 e. The zero-order valence-corrected chi connectivity index (χ0v) is 13.2. The van der Waals surface area contributed by atoms with Crippen LogP contribution >= 0.6 is 11.6 Å². The molecule has 1 atom stereocenters. The van der Waals surface area contributed by atoms with Crippen LogP contribution in [0.4, 0.5) is 0 Å². The first-order valence-corrected chi connectivity index (χ1v) is 8.64. The average molecular weight is 322 g/mol. The molecule has 1 fully saturated rings. The number of nitrogens with zero attached hydrogens (tertiary/aromatic N) is 1. The summed E-state index contributed by atoms with van der Waals surface area (Å²) >= 11 is 5.88. The number of sulfonamides is 1. The van der Waals surface area contributed by atoms with Crippen molar-refractivity contribution in [2.24, 2.45) is 0 Å². The highest BCUT2D eigenvalue weighted by Gasteiger charge is 2.39. The van der Waals surface area contributed by atoms with Gasteiger partial charge in [-0.3, -0.25) is 0 Å². The molecule has 0 amide bonds. The molecule has 1 aliphatic rings. The van der Waals surface area contributed by atoms with Crippen LogP contribution < -0.4 is 0 Å². The maximum Gasteiger partial charge on any atom is 0.243 e. The van der Waals surface area contributed by atoms with E-state index < -0.39 is 10.0 Å². The molecule has 3 nitrogen and oxygen atoms in total. The summed E-state index contributed by atoms with van der Waals surface area (Å²) < 4.78 is 26.9. The molecule has 2 aromatic rings. The summed E-state index contributed by atoms with van der Waals surface area (Å²) in [6.45, 7) is 2.50. The Morgan fingerprint density at radius 1 is 1.05 bits per heavy atom. The van der Waals surface area contributed by atoms with E-state index in [1.807, 2.05) is 31.2 Å². The Morgan fingerprint density at radius 2 is 1.67 bits per heavy atom. The quantitative estimate of drug-likeness (QED) is 0.862. The molecule has 5 heteroatoms. The topological polar surface area (TPSA) is 37.4 Å². The summed E-state index contributed by atoms with van der Waals surface area (Å²) in [5.74, 6) is 0. The lowest BCUT2D eigenvalue weighted by Gasteiger charge is -2.40. The van der Waals surface area contributed by atoms with Gasteiger partial charge in [0.2, 0.25) is 10.0 Å². The van der Waals surface area contributed by atoms with Crippen molar-refractivity contribution in [2.75, 3.05) is 6.54 Å². The van der Waals surface area contributed by atoms with Crippen LogP contribution in [0.3, 0.4) is 0 Å². The summed E-state index contributed by atoms with van der Waals surface area (Å²) in [6.07, 6.45) is 0.840. The van der Waals surface area contributed by atoms with Crippen molar-refractivity contribution < 1.29 is 8.42 Å². The van der Waals surface area contributed by atoms with Gasteiger partial charge in [-0.2, -0.15) is 4.31 Å². The fourth-order valence-corrected chi connectivity index (χ4v) is 4.30. The monoisotopic (exact) mass is 321 g/mol. The van der Waals surface area contributed by atoms with Crippen LogP contribution in [-0.2, 0) is 10.0 Å². The van der Waals surface area contributed by atoms with Crippen LogP contribution in [0.2, 0.25) is 5.02 Å². The second-order valence-corrected chi connectivity index (χ2v) is 7.61. The molecule has 1 aliphatic heterocycles. The fraction of sp³-hybridized carbons (Fsp3) is 0.250. The molecule has 1 saturated heterocycles. The van der Waals surface area contributed by atoms with Gasteiger partial charge in [0, 0.05) is 11.6 Å². The van der Waals surface area contributed by atoms with Crippen LogP contribution in [0.1, 0.15) is 23.6 Å². The molecular weight excluding hydrogens is 306 g/mol. The first kappa shape index (κ1) is 14.6. The van der Waals surface area contributed by atoms with Crippen molar-refractivity contribution in [2.45, 2.75) is 24.3 Å². The van der Waals surface area contributed by atoms with Crippen molar-refractivity contribution >= 4 is 21.6 Å². The molecule has 110 valence electrons. The summed E-state index contributed by atoms with van der Waals surface area (Å²) in [5, 5.41) is 0.658. The van der Waals surface area contributed by atoms with Gasteiger partial charge < -0.3 is 0 Å². The molecular formula is C16H16ClNO2S. The first-order chi connectivity index (χ1) is 9.98. The van der Waals surface area contributed by atoms with Crippen molar-refractivity contribution in [1.29, 1.82) is 0 Å². The molecule has 3 rings (SSSR count). The van der Waals surface area contributed by atoms with Gasteiger partial charge in [0.1, 0.15) is 0 Å². The van der Waals surface area contributed by atoms with E-state index in [1.54, 1.807) is 28.6 Å². The zero-order chi connectivity index (χ0) is 15.0. The Hall–Kier alpha value is -1.36. The van der Waals surface area contributed by atoms with E-state index >= 15 is 0 Å². The number of hydrogen-bond acceptors (Lipinski definition) is 2. The highest BCUT2D eigenvalue weighted by molar-refractivity contribution is 7.89. The van der Waals surface area contributed by atoms with Gasteiger partial charge in [0.15, 0.2) is 0 Å². The Labute approximate surface area is 130 Å². The zero-order valence-electron chi connectivity index (χ0n) is 11.7. The van der Waals surface area contributed by atoms with Gasteiger partial charge in [0.05, 0.1) is 10.9 Å². The van der Waals surface area contributed by atoms with E-state index in [1.165, 1.54) is 0 Å². The number of hydrogen-bond donors (Lipinski definition) is 0. The predicted molar refractivity (Wildman–Crippen MR) is 83.9 cm³/mol. The van der Waals surface area contributed by atoms with Gasteiger partial charge in [0.25, 0.3) is 0 Å². The van der Waals surface area contributed by atoms with Gasteiger partial charge in [-0.1, -0.05) is 41.4 Å². The molecule has 21 heavy (non-hydrogen) atoms. The average Bonchev–Trinajstić information content (AvgIpc) is 2.40. The molecule has 0 spiro atoms. The first-order valence-electron chi connectivity index (χ1n) is 6.82. The molecule has 0 N–H and O–H groups in total. The number of benzene rings is 2. The van der Waals surface area contributed by atoms with E-state index in [0.29, 0.717) is 16.5 Å². The SMILES string of the molecule is Cc1ccc(S(=O)(=O)N2CCC2c2ccc(Cl)cc2)cc1. The van der Waals surface area contributed by atoms with Gasteiger partial charge >= 0.3 is 0 Å². The lowest BCUT2D eigenvalue weighted by atomic mass is 9.98. The van der Waals surface area contributed by atoms with E-state index in [-0.39, 0.29) is 6.04 Å². The normalized spacial score (nSPS) is 19.2. The molecule has 1 unspecified atom stereocenters. The minimum Gasteiger partial charge on any atom is -0.207 e. The molecule has 0 aromatic heterocycles. The van der Waals surface area contributed by atoms with E-state index in [2.05, 4.69) is 0 Å². The van der Waals surface area contributed by atoms with Crippen LogP contribution in [0.15, 0.2) is 53.4 Å². The lowest BCUT2D eigenvalue weighted by Crippen LogP contribution is -2.44. The van der Waals surface area contributed by atoms with Gasteiger partial charge in [-0.25, -0.2) is 8.42 Å². The van der Waals surface area contributed by atoms with Crippen LogP contribution in [0.5, 0.6) is 0 Å². The molecule has 2 aromatic carbocycles. The van der Waals surface area contributed by atoms with E-state index in [9.17, 15) is 8.42 Å². The van der Waals surface area contributed by atoms with Crippen molar-refractivity contribution in [3.05, 3.63) is 64.7 Å². The summed E-state index contributed by atoms with van der Waals surface area (Å²) in [7, 11) is -3.43. The number of halogens is 1. The smallest absolute Gasteiger partial charge is 0.207 e. The van der Waals surface area contributed by atoms with Crippen molar-refractivity contribution in [3.8, 4) is 0 Å². The third-order valence-electron chi connectivity index (χ3n) is 3.85. The van der Waals surface area contributed by atoms with Gasteiger partial charge in [-0.15, -0.1) is 0 Å². The van der Waals surface area contributed by atoms with Crippen LogP contribution in [-0.4, -0.2) is 19.3 Å². The van der Waals surface area contributed by atoms with Crippen LogP contribution in [0.25, 0.3) is 0 Å². The van der Waals surface area contributed by atoms with Crippen molar-refractivity contribution in [1.82, 2.24) is 4.31 Å². The maximum absolute atomic E-state index is 12.7. The van der Waals surface area contributed by atoms with Crippen molar-refractivity contribution in [3.63, 3.8) is 0 Å².